The van der Waals surface area contributed by atoms with E-state index in [0.29, 0.717) is 30.4 Å². The molecule has 3 rings (SSSR count). The van der Waals surface area contributed by atoms with Gasteiger partial charge in [0.2, 0.25) is 0 Å². The van der Waals surface area contributed by atoms with E-state index in [-0.39, 0.29) is 11.7 Å². The Morgan fingerprint density at radius 1 is 1.21 bits per heavy atom. The predicted molar refractivity (Wildman–Crippen MR) is 84.1 cm³/mol. The average molecular weight is 333 g/mol. The quantitative estimate of drug-likeness (QED) is 0.911. The van der Waals surface area contributed by atoms with E-state index >= 15 is 0 Å². The zero-order valence-corrected chi connectivity index (χ0v) is 12.9. The molecule has 1 N–H and O–H groups in total. The fourth-order valence-corrected chi connectivity index (χ4v) is 2.44. The molecule has 0 spiro atoms. The van der Waals surface area contributed by atoms with Gasteiger partial charge >= 0.3 is 0 Å². The van der Waals surface area contributed by atoms with Crippen molar-refractivity contribution in [2.45, 2.75) is 6.42 Å². The van der Waals surface area contributed by atoms with Gasteiger partial charge in [0.1, 0.15) is 11.6 Å². The Kier molecular flexibility index (Phi) is 5.05. The minimum Gasteiger partial charge on any atom is -0.454 e. The van der Waals surface area contributed by atoms with Crippen LogP contribution in [0, 0.1) is 17.6 Å². The van der Waals surface area contributed by atoms with Crippen molar-refractivity contribution in [3.63, 3.8) is 0 Å². The maximum atomic E-state index is 13.6. The summed E-state index contributed by atoms with van der Waals surface area (Å²) in [5, 5.41) is 2.86. The van der Waals surface area contributed by atoms with Gasteiger partial charge in [0.05, 0.1) is 6.61 Å². The molecule has 1 aliphatic heterocycles. The highest BCUT2D eigenvalue weighted by Crippen LogP contribution is 2.25. The van der Waals surface area contributed by atoms with Crippen LogP contribution in [-0.2, 0) is 4.74 Å². The van der Waals surface area contributed by atoms with E-state index in [1.165, 1.54) is 6.07 Å². The molecule has 1 heterocycles. The van der Waals surface area contributed by atoms with E-state index in [9.17, 15) is 13.6 Å². The second kappa shape index (κ2) is 7.40. The van der Waals surface area contributed by atoms with Gasteiger partial charge < -0.3 is 14.8 Å². The molecule has 24 heavy (non-hydrogen) atoms. The lowest BCUT2D eigenvalue weighted by Crippen LogP contribution is -2.29. The molecule has 0 aromatic heterocycles. The number of carbonyl (C=O) groups is 1. The molecular weight excluding hydrogens is 316 g/mol. The first-order valence-corrected chi connectivity index (χ1v) is 7.71. The van der Waals surface area contributed by atoms with E-state index in [0.717, 1.165) is 25.2 Å². The predicted octanol–water partition coefficient (Wildman–Crippen LogP) is 3.52. The van der Waals surface area contributed by atoms with Crippen molar-refractivity contribution >= 4 is 5.91 Å². The van der Waals surface area contributed by atoms with E-state index in [1.54, 1.807) is 24.3 Å². The number of hydrogen-bond acceptors (Lipinski definition) is 3. The zero-order chi connectivity index (χ0) is 16.9. The number of nitrogens with one attached hydrogen (secondary N) is 1. The number of benzene rings is 2. The molecule has 1 aliphatic rings. The first kappa shape index (κ1) is 16.4. The van der Waals surface area contributed by atoms with Crippen LogP contribution < -0.4 is 10.1 Å². The van der Waals surface area contributed by atoms with Crippen molar-refractivity contribution in [3.8, 4) is 11.5 Å². The van der Waals surface area contributed by atoms with Gasteiger partial charge in [-0.15, -0.1) is 0 Å². The van der Waals surface area contributed by atoms with Crippen molar-refractivity contribution in [3.05, 3.63) is 59.7 Å². The maximum absolute atomic E-state index is 13.6. The average Bonchev–Trinajstić information content (AvgIpc) is 3.09. The zero-order valence-electron chi connectivity index (χ0n) is 12.9. The Bertz CT molecular complexity index is 713. The first-order valence-electron chi connectivity index (χ1n) is 7.71. The molecule has 0 radical (unpaired) electrons. The molecule has 126 valence electrons. The highest BCUT2D eigenvalue weighted by Gasteiger charge is 2.16. The summed E-state index contributed by atoms with van der Waals surface area (Å²) < 4.78 is 37.0. The van der Waals surface area contributed by atoms with Crippen LogP contribution >= 0.6 is 0 Å². The monoisotopic (exact) mass is 333 g/mol. The number of hydrogen-bond donors (Lipinski definition) is 1. The Morgan fingerprint density at radius 3 is 2.67 bits per heavy atom. The van der Waals surface area contributed by atoms with Crippen LogP contribution in [0.1, 0.15) is 16.8 Å². The van der Waals surface area contributed by atoms with Crippen LogP contribution in [0.4, 0.5) is 8.78 Å². The van der Waals surface area contributed by atoms with Gasteiger partial charge in [-0.2, -0.15) is 0 Å². The Morgan fingerprint density at radius 2 is 2.00 bits per heavy atom. The van der Waals surface area contributed by atoms with Crippen molar-refractivity contribution in [2.75, 3.05) is 19.8 Å². The van der Waals surface area contributed by atoms with Gasteiger partial charge in [-0.25, -0.2) is 8.78 Å². The van der Waals surface area contributed by atoms with Gasteiger partial charge in [0.25, 0.3) is 5.91 Å². The molecule has 1 atom stereocenters. The second-order valence-electron chi connectivity index (χ2n) is 5.64. The summed E-state index contributed by atoms with van der Waals surface area (Å²) in [6.07, 6.45) is 0.955. The third kappa shape index (κ3) is 4.08. The molecule has 2 aromatic carbocycles. The minimum atomic E-state index is -0.782. The topological polar surface area (TPSA) is 47.6 Å². The van der Waals surface area contributed by atoms with Gasteiger partial charge in [0.15, 0.2) is 11.6 Å². The molecule has 0 aliphatic carbocycles. The van der Waals surface area contributed by atoms with E-state index < -0.39 is 11.6 Å². The van der Waals surface area contributed by atoms with Crippen LogP contribution in [0.3, 0.4) is 0 Å². The fraction of sp³-hybridized carbons (Fsp3) is 0.278. The van der Waals surface area contributed by atoms with Crippen LogP contribution in [0.2, 0.25) is 0 Å². The SMILES string of the molecule is O=C(NCC1CCOC1)c1ccc(Oc2ccc(F)cc2F)cc1. The summed E-state index contributed by atoms with van der Waals surface area (Å²) in [6.45, 7) is 2.00. The molecule has 1 unspecified atom stereocenters. The smallest absolute Gasteiger partial charge is 0.251 e. The largest absolute Gasteiger partial charge is 0.454 e. The number of carbonyl (C=O) groups excluding carboxylic acids is 1. The first-order chi connectivity index (χ1) is 11.6. The third-order valence-electron chi connectivity index (χ3n) is 3.81. The number of halogens is 2. The summed E-state index contributed by atoms with van der Waals surface area (Å²) >= 11 is 0. The van der Waals surface area contributed by atoms with Crippen LogP contribution in [0.25, 0.3) is 0 Å². The van der Waals surface area contributed by atoms with Gasteiger partial charge in [-0.1, -0.05) is 0 Å². The summed E-state index contributed by atoms with van der Waals surface area (Å²) in [5.74, 6) is -0.981. The second-order valence-corrected chi connectivity index (χ2v) is 5.64. The number of ether oxygens (including phenoxy) is 2. The Balaban J connectivity index is 1.59. The fourth-order valence-electron chi connectivity index (χ4n) is 2.44. The van der Waals surface area contributed by atoms with Gasteiger partial charge in [-0.05, 0) is 42.8 Å². The standard InChI is InChI=1S/C18H17F2NO3/c19-14-3-6-17(16(20)9-14)24-15-4-1-13(2-5-15)18(22)21-10-12-7-8-23-11-12/h1-6,9,12H,7-8,10-11H2,(H,21,22). The molecule has 4 nitrogen and oxygen atoms in total. The molecule has 1 fully saturated rings. The van der Waals surface area contributed by atoms with Crippen molar-refractivity contribution in [2.24, 2.45) is 5.92 Å². The van der Waals surface area contributed by atoms with Gasteiger partial charge in [-0.3, -0.25) is 4.79 Å². The lowest BCUT2D eigenvalue weighted by Gasteiger charge is -2.10. The summed E-state index contributed by atoms with van der Waals surface area (Å²) in [6, 6.07) is 9.41. The summed E-state index contributed by atoms with van der Waals surface area (Å²) in [7, 11) is 0. The van der Waals surface area contributed by atoms with Gasteiger partial charge in [0, 0.05) is 30.7 Å². The number of amides is 1. The lowest BCUT2D eigenvalue weighted by atomic mass is 10.1. The van der Waals surface area contributed by atoms with E-state index in [2.05, 4.69) is 5.32 Å². The van der Waals surface area contributed by atoms with Crippen molar-refractivity contribution < 1.29 is 23.0 Å². The highest BCUT2D eigenvalue weighted by atomic mass is 19.1. The number of rotatable bonds is 5. The normalized spacial score (nSPS) is 16.8. The van der Waals surface area contributed by atoms with Crippen molar-refractivity contribution in [1.29, 1.82) is 0 Å². The molecule has 6 heteroatoms. The molecule has 2 aromatic rings. The van der Waals surface area contributed by atoms with Crippen LogP contribution in [0.5, 0.6) is 11.5 Å². The molecular formula is C18H17F2NO3. The third-order valence-corrected chi connectivity index (χ3v) is 3.81. The van der Waals surface area contributed by atoms with Crippen LogP contribution in [-0.4, -0.2) is 25.7 Å². The summed E-state index contributed by atoms with van der Waals surface area (Å²) in [5.41, 5.74) is 0.487. The van der Waals surface area contributed by atoms with Crippen molar-refractivity contribution in [1.82, 2.24) is 5.32 Å². The van der Waals surface area contributed by atoms with E-state index in [1.807, 2.05) is 0 Å². The Hall–Kier alpha value is -2.47. The lowest BCUT2D eigenvalue weighted by molar-refractivity contribution is 0.0945. The van der Waals surface area contributed by atoms with Crippen LogP contribution in [0.15, 0.2) is 42.5 Å². The Labute approximate surface area is 138 Å². The minimum absolute atomic E-state index is 0.0742. The molecule has 0 bridgehead atoms. The molecule has 0 saturated carbocycles. The summed E-state index contributed by atoms with van der Waals surface area (Å²) in [4.78, 5) is 12.1. The molecule has 1 saturated heterocycles. The molecule has 1 amide bonds. The maximum Gasteiger partial charge on any atom is 0.251 e. The highest BCUT2D eigenvalue weighted by molar-refractivity contribution is 5.94. The van der Waals surface area contributed by atoms with E-state index in [4.69, 9.17) is 9.47 Å².